The Morgan fingerprint density at radius 1 is 1.27 bits per heavy atom. The van der Waals surface area contributed by atoms with Crippen LogP contribution in [0.15, 0.2) is 0 Å². The lowest BCUT2D eigenvalue weighted by Crippen LogP contribution is -2.39. The molecule has 0 heterocycles. The Bertz CT molecular complexity index is 322. The molecule has 0 fully saturated rings. The van der Waals surface area contributed by atoms with Crippen molar-refractivity contribution in [3.8, 4) is 0 Å². The Kier molecular flexibility index (Phi) is 5.19. The number of primary amides is 1. The highest BCUT2D eigenvalue weighted by Gasteiger charge is 2.15. The van der Waals surface area contributed by atoms with Crippen molar-refractivity contribution in [2.24, 2.45) is 5.73 Å². The van der Waals surface area contributed by atoms with Crippen molar-refractivity contribution >= 4 is 22.0 Å². The Morgan fingerprint density at radius 3 is 2.13 bits per heavy atom. The molecule has 4 N–H and O–H groups in total. The van der Waals surface area contributed by atoms with Crippen molar-refractivity contribution in [1.29, 1.82) is 0 Å². The smallest absolute Gasteiger partial charge is 0.317 e. The maximum Gasteiger partial charge on any atom is 0.317 e. The van der Waals surface area contributed by atoms with E-state index in [4.69, 9.17) is 15.4 Å². The average Bonchev–Trinajstić information content (AvgIpc) is 1.96. The van der Waals surface area contributed by atoms with Gasteiger partial charge in [0.05, 0.1) is 18.8 Å². The van der Waals surface area contributed by atoms with Crippen LogP contribution in [0.3, 0.4) is 0 Å². The first-order valence-corrected chi connectivity index (χ1v) is 5.49. The highest BCUT2D eigenvalue weighted by atomic mass is 32.2. The first kappa shape index (κ1) is 13.8. The Labute approximate surface area is 86.4 Å². The molecule has 88 valence electrons. The lowest BCUT2D eigenvalue weighted by atomic mass is 10.4. The monoisotopic (exact) mass is 240 g/mol. The highest BCUT2D eigenvalue weighted by molar-refractivity contribution is 7.85. The maximum atomic E-state index is 10.5. The van der Waals surface area contributed by atoms with Crippen LogP contribution in [0.5, 0.6) is 0 Å². The summed E-state index contributed by atoms with van der Waals surface area (Å²) in [5.74, 6) is -2.63. The zero-order valence-electron chi connectivity index (χ0n) is 7.79. The van der Waals surface area contributed by atoms with Crippen LogP contribution >= 0.6 is 0 Å². The molecular weight excluding hydrogens is 228 g/mol. The number of nitrogens with two attached hydrogens (primary N) is 1. The molecule has 9 heteroatoms. The Morgan fingerprint density at radius 2 is 1.80 bits per heavy atom. The fraction of sp³-hybridized carbons (Fsp3) is 0.667. The van der Waals surface area contributed by atoms with E-state index in [1.165, 1.54) is 0 Å². The minimum Gasteiger partial charge on any atom is -0.480 e. The number of hydrogen-bond donors (Lipinski definition) is 3. The number of carbonyl (C=O) groups is 2. The van der Waals surface area contributed by atoms with Crippen molar-refractivity contribution in [3.63, 3.8) is 0 Å². The number of carboxylic acid groups (broad SMARTS) is 1. The molecular formula is C6H12N2O6S. The predicted molar refractivity (Wildman–Crippen MR) is 49.7 cm³/mol. The van der Waals surface area contributed by atoms with E-state index in [1.54, 1.807) is 0 Å². The van der Waals surface area contributed by atoms with Gasteiger partial charge in [-0.1, -0.05) is 0 Å². The number of rotatable bonds is 7. The number of hydrogen-bond acceptors (Lipinski definition) is 5. The van der Waals surface area contributed by atoms with Gasteiger partial charge < -0.3 is 10.8 Å². The summed E-state index contributed by atoms with van der Waals surface area (Å²) in [7, 11) is -4.18. The van der Waals surface area contributed by atoms with Gasteiger partial charge in [-0.2, -0.15) is 8.42 Å². The number of carbonyl (C=O) groups excluding carboxylic acids is 1. The van der Waals surface area contributed by atoms with Crippen LogP contribution in [0.4, 0.5) is 0 Å². The molecule has 0 saturated carbocycles. The van der Waals surface area contributed by atoms with Gasteiger partial charge in [0.25, 0.3) is 10.1 Å². The largest absolute Gasteiger partial charge is 0.480 e. The average molecular weight is 240 g/mol. The molecule has 0 aliphatic rings. The molecule has 0 atom stereocenters. The van der Waals surface area contributed by atoms with E-state index >= 15 is 0 Å². The van der Waals surface area contributed by atoms with Gasteiger partial charge in [0, 0.05) is 6.54 Å². The van der Waals surface area contributed by atoms with Gasteiger partial charge in [-0.05, 0) is 0 Å². The van der Waals surface area contributed by atoms with Crippen LogP contribution in [0, 0.1) is 0 Å². The van der Waals surface area contributed by atoms with Crippen molar-refractivity contribution in [1.82, 2.24) is 4.90 Å². The van der Waals surface area contributed by atoms with E-state index in [-0.39, 0.29) is 13.1 Å². The normalized spacial score (nSPS) is 11.6. The van der Waals surface area contributed by atoms with E-state index in [2.05, 4.69) is 0 Å². The molecule has 0 aromatic carbocycles. The summed E-state index contributed by atoms with van der Waals surface area (Å²) in [6.45, 7) is -1.16. The van der Waals surface area contributed by atoms with Crippen LogP contribution in [0.2, 0.25) is 0 Å². The van der Waals surface area contributed by atoms with Gasteiger partial charge in [-0.3, -0.25) is 19.0 Å². The third-order valence-corrected chi connectivity index (χ3v) is 2.10. The molecule has 8 nitrogen and oxygen atoms in total. The molecule has 0 unspecified atom stereocenters. The molecule has 0 aliphatic heterocycles. The second-order valence-corrected chi connectivity index (χ2v) is 4.43. The lowest BCUT2D eigenvalue weighted by molar-refractivity contribution is -0.138. The van der Waals surface area contributed by atoms with Gasteiger partial charge in [0.1, 0.15) is 0 Å². The Hall–Kier alpha value is -1.19. The summed E-state index contributed by atoms with van der Waals surface area (Å²) in [6, 6.07) is 0. The third-order valence-electron chi connectivity index (χ3n) is 1.40. The van der Waals surface area contributed by atoms with E-state index < -0.39 is 34.3 Å². The summed E-state index contributed by atoms with van der Waals surface area (Å²) in [6.07, 6.45) is 0. The standard InChI is InChI=1S/C6H12N2O6S/c7-5(9)3-8(4-6(10)11)1-2-15(12,13)14/h1-4H2,(H2,7,9)(H,10,11)(H,12,13,14). The fourth-order valence-corrected chi connectivity index (χ4v) is 1.36. The summed E-state index contributed by atoms with van der Waals surface area (Å²) in [4.78, 5) is 21.8. The quantitative estimate of drug-likeness (QED) is 0.427. The van der Waals surface area contributed by atoms with Crippen LogP contribution < -0.4 is 5.73 Å². The molecule has 1 amide bonds. The van der Waals surface area contributed by atoms with Crippen molar-refractivity contribution in [2.45, 2.75) is 0 Å². The third kappa shape index (κ3) is 9.12. The van der Waals surface area contributed by atoms with Gasteiger partial charge in [0.2, 0.25) is 5.91 Å². The van der Waals surface area contributed by atoms with Crippen LogP contribution in [0.1, 0.15) is 0 Å². The van der Waals surface area contributed by atoms with Crippen molar-refractivity contribution in [2.75, 3.05) is 25.4 Å². The molecule has 0 saturated heterocycles. The lowest BCUT2D eigenvalue weighted by Gasteiger charge is -2.16. The van der Waals surface area contributed by atoms with Gasteiger partial charge in [-0.25, -0.2) is 0 Å². The van der Waals surface area contributed by atoms with Crippen LogP contribution in [-0.4, -0.2) is 60.2 Å². The van der Waals surface area contributed by atoms with E-state index in [0.29, 0.717) is 0 Å². The molecule has 15 heavy (non-hydrogen) atoms. The van der Waals surface area contributed by atoms with Crippen LogP contribution in [-0.2, 0) is 19.7 Å². The predicted octanol–water partition coefficient (Wildman–Crippen LogP) is -2.25. The molecule has 0 aliphatic carbocycles. The van der Waals surface area contributed by atoms with Gasteiger partial charge >= 0.3 is 5.97 Å². The number of aliphatic carboxylic acids is 1. The maximum absolute atomic E-state index is 10.5. The summed E-state index contributed by atoms with van der Waals surface area (Å²) in [5, 5.41) is 8.42. The second kappa shape index (κ2) is 5.63. The molecule has 0 spiro atoms. The van der Waals surface area contributed by atoms with Gasteiger partial charge in [-0.15, -0.1) is 0 Å². The minimum atomic E-state index is -4.18. The number of amides is 1. The fourth-order valence-electron chi connectivity index (χ4n) is 0.870. The van der Waals surface area contributed by atoms with Crippen LogP contribution in [0.25, 0.3) is 0 Å². The summed E-state index contributed by atoms with van der Waals surface area (Å²) >= 11 is 0. The highest BCUT2D eigenvalue weighted by Crippen LogP contribution is 1.91. The topological polar surface area (TPSA) is 138 Å². The van der Waals surface area contributed by atoms with Crippen molar-refractivity contribution in [3.05, 3.63) is 0 Å². The zero-order chi connectivity index (χ0) is 12.1. The molecule has 0 bridgehead atoms. The number of nitrogens with zero attached hydrogens (tertiary/aromatic N) is 1. The zero-order valence-corrected chi connectivity index (χ0v) is 8.61. The molecule has 0 rings (SSSR count). The molecule has 0 radical (unpaired) electrons. The second-order valence-electron chi connectivity index (χ2n) is 2.86. The SMILES string of the molecule is NC(=O)CN(CCS(=O)(=O)O)CC(=O)O. The van der Waals surface area contributed by atoms with E-state index in [0.717, 1.165) is 4.90 Å². The summed E-state index contributed by atoms with van der Waals surface area (Å²) < 4.78 is 29.2. The first-order chi connectivity index (χ1) is 6.70. The number of carboxylic acids is 1. The van der Waals surface area contributed by atoms with E-state index in [9.17, 15) is 18.0 Å². The van der Waals surface area contributed by atoms with E-state index in [1.807, 2.05) is 0 Å². The first-order valence-electron chi connectivity index (χ1n) is 3.88. The molecule has 0 aromatic rings. The Balaban J connectivity index is 4.24. The van der Waals surface area contributed by atoms with Crippen molar-refractivity contribution < 1.29 is 27.7 Å². The molecule has 0 aromatic heterocycles. The minimum absolute atomic E-state index is 0.270. The summed E-state index contributed by atoms with van der Waals surface area (Å²) in [5.41, 5.74) is 4.82. The van der Waals surface area contributed by atoms with Gasteiger partial charge in [0.15, 0.2) is 0 Å².